The van der Waals surface area contributed by atoms with Crippen LogP contribution in [0.3, 0.4) is 0 Å². The number of hydrogen-bond donors (Lipinski definition) is 1. The van der Waals surface area contributed by atoms with E-state index in [4.69, 9.17) is 0 Å². The third-order valence-corrected chi connectivity index (χ3v) is 9.29. The molecule has 2 aromatic rings. The summed E-state index contributed by atoms with van der Waals surface area (Å²) in [5, 5.41) is 0. The third kappa shape index (κ3) is 6.57. The van der Waals surface area contributed by atoms with Gasteiger partial charge in [0, 0.05) is 44.5 Å². The van der Waals surface area contributed by atoms with Crippen molar-refractivity contribution in [2.75, 3.05) is 30.9 Å². The molecule has 1 saturated heterocycles. The van der Waals surface area contributed by atoms with Gasteiger partial charge < -0.3 is 4.90 Å². The number of carbonyl (C=O) groups is 1. The Bertz CT molecular complexity index is 1540. The lowest BCUT2D eigenvalue weighted by molar-refractivity contribution is 0.0760. The fourth-order valence-electron chi connectivity index (χ4n) is 5.36. The topological polar surface area (TPSA) is 82.1 Å². The van der Waals surface area contributed by atoms with Gasteiger partial charge in [-0.3, -0.25) is 19.4 Å². The quantitative estimate of drug-likeness (QED) is 0.434. The van der Waals surface area contributed by atoms with Crippen LogP contribution in [0, 0.1) is 5.82 Å². The summed E-state index contributed by atoms with van der Waals surface area (Å²) in [6, 6.07) is 12.7. The van der Waals surface area contributed by atoms with Crippen LogP contribution in [0.2, 0.25) is 0 Å². The van der Waals surface area contributed by atoms with Crippen molar-refractivity contribution in [3.63, 3.8) is 0 Å². The Balaban J connectivity index is 1.21. The molecule has 2 aliphatic carbocycles. The second-order valence-corrected chi connectivity index (χ2v) is 12.3. The zero-order valence-electron chi connectivity index (χ0n) is 23.1. The van der Waals surface area contributed by atoms with Crippen LogP contribution in [0.1, 0.15) is 53.1 Å². The maximum Gasteiger partial charge on any atom is 0.264 e. The zero-order valence-corrected chi connectivity index (χ0v) is 23.9. The molecule has 7 nitrogen and oxygen atoms in total. The molecule has 1 N–H and O–H groups in total. The summed E-state index contributed by atoms with van der Waals surface area (Å²) >= 11 is 0. The number of anilines is 1. The zero-order chi connectivity index (χ0) is 29.0. The van der Waals surface area contributed by atoms with Crippen molar-refractivity contribution in [3.8, 4) is 0 Å². The summed E-state index contributed by atoms with van der Waals surface area (Å²) < 4.78 is 43.5. The smallest absolute Gasteiger partial charge is 0.264 e. The van der Waals surface area contributed by atoms with E-state index >= 15 is 4.39 Å². The SMILES string of the molecule is C=C/N=C1\C(=C)C=CC=C1S(=O)(=O)Nc1ccc(C(=O)N2CCCN(Cc3ccc(C4CCC4)cc3)CC2)cc1F. The lowest BCUT2D eigenvalue weighted by Crippen LogP contribution is -2.35. The Kier molecular flexibility index (Phi) is 8.65. The molecular weight excluding hydrogens is 539 g/mol. The van der Waals surface area contributed by atoms with Gasteiger partial charge in [0.05, 0.1) is 11.4 Å². The van der Waals surface area contributed by atoms with Crippen molar-refractivity contribution < 1.29 is 17.6 Å². The summed E-state index contributed by atoms with van der Waals surface area (Å²) in [4.78, 5) is 21.2. The van der Waals surface area contributed by atoms with E-state index in [-0.39, 0.29) is 27.8 Å². The average Bonchev–Trinajstić information content (AvgIpc) is 3.16. The Labute approximate surface area is 241 Å². The van der Waals surface area contributed by atoms with Crippen LogP contribution in [0.5, 0.6) is 0 Å². The van der Waals surface area contributed by atoms with Gasteiger partial charge in [-0.1, -0.05) is 56.0 Å². The van der Waals surface area contributed by atoms with Crippen LogP contribution in [0.15, 0.2) is 95.5 Å². The molecule has 1 saturated carbocycles. The number of benzene rings is 2. The van der Waals surface area contributed by atoms with Gasteiger partial charge in [0.25, 0.3) is 15.9 Å². The number of rotatable bonds is 8. The van der Waals surface area contributed by atoms with Crippen LogP contribution in [-0.2, 0) is 16.6 Å². The summed E-state index contributed by atoms with van der Waals surface area (Å²) in [6.07, 6.45) is 10.5. The van der Waals surface area contributed by atoms with Gasteiger partial charge in [0.1, 0.15) is 10.7 Å². The first-order valence-corrected chi connectivity index (χ1v) is 15.4. The van der Waals surface area contributed by atoms with Crippen molar-refractivity contribution in [1.29, 1.82) is 0 Å². The first kappa shape index (κ1) is 28.7. The lowest BCUT2D eigenvalue weighted by atomic mass is 9.80. The van der Waals surface area contributed by atoms with Crippen molar-refractivity contribution in [2.45, 2.75) is 38.1 Å². The molecule has 0 unspecified atom stereocenters. The molecule has 3 aliphatic rings. The van der Waals surface area contributed by atoms with Crippen LogP contribution in [0.25, 0.3) is 0 Å². The molecule has 214 valence electrons. The molecule has 1 heterocycles. The standard InChI is InChI=1S/C32H35FN4O3S/c1-3-34-31-23(2)7-4-10-30(31)41(39,40)35-29-16-15-27(21-28(29)33)32(38)37-18-6-17-36(19-20-37)22-24-11-13-26(14-12-24)25-8-5-9-25/h3-4,7,10-16,21,25,35H,1-2,5-6,8-9,17-20,22H2/b34-31+. The van der Waals surface area contributed by atoms with E-state index in [2.05, 4.69) is 52.0 Å². The Hall–Kier alpha value is -3.82. The Morgan fingerprint density at radius 3 is 2.54 bits per heavy atom. The number of hydrogen-bond acceptors (Lipinski definition) is 5. The number of halogens is 1. The van der Waals surface area contributed by atoms with E-state index in [1.54, 1.807) is 11.0 Å². The predicted molar refractivity (Wildman–Crippen MR) is 162 cm³/mol. The maximum atomic E-state index is 15.1. The van der Waals surface area contributed by atoms with Gasteiger partial charge in [0.15, 0.2) is 0 Å². The minimum Gasteiger partial charge on any atom is -0.337 e. The minimum absolute atomic E-state index is 0.128. The maximum absolute atomic E-state index is 15.1. The van der Waals surface area contributed by atoms with Crippen LogP contribution in [0.4, 0.5) is 10.1 Å². The summed E-state index contributed by atoms with van der Waals surface area (Å²) in [6.45, 7) is 10.9. The van der Waals surface area contributed by atoms with Crippen molar-refractivity contribution in [1.82, 2.24) is 9.80 Å². The molecule has 0 bridgehead atoms. The molecule has 1 aliphatic heterocycles. The van der Waals surface area contributed by atoms with E-state index in [1.165, 1.54) is 60.9 Å². The Morgan fingerprint density at radius 1 is 1.07 bits per heavy atom. The average molecular weight is 575 g/mol. The largest absolute Gasteiger partial charge is 0.337 e. The number of amides is 1. The molecule has 2 aromatic carbocycles. The normalized spacial score (nSPS) is 19.4. The number of aliphatic imine (C=N–C) groups is 1. The molecule has 0 atom stereocenters. The van der Waals surface area contributed by atoms with Gasteiger partial charge in [-0.15, -0.1) is 0 Å². The van der Waals surface area contributed by atoms with Gasteiger partial charge in [-0.2, -0.15) is 0 Å². The van der Waals surface area contributed by atoms with Gasteiger partial charge in [0.2, 0.25) is 0 Å². The fourth-order valence-corrected chi connectivity index (χ4v) is 6.62. The highest BCUT2D eigenvalue weighted by Gasteiger charge is 2.27. The second-order valence-electron chi connectivity index (χ2n) is 10.7. The van der Waals surface area contributed by atoms with Crippen LogP contribution >= 0.6 is 0 Å². The lowest BCUT2D eigenvalue weighted by Gasteiger charge is -2.26. The van der Waals surface area contributed by atoms with E-state index < -0.39 is 15.8 Å². The number of allylic oxidation sites excluding steroid dienone is 5. The summed E-state index contributed by atoms with van der Waals surface area (Å²) in [5.74, 6) is -0.395. The fraction of sp³-hybridized carbons (Fsp3) is 0.312. The van der Waals surface area contributed by atoms with Crippen molar-refractivity contribution in [2.24, 2.45) is 4.99 Å². The molecule has 0 radical (unpaired) electrons. The van der Waals surface area contributed by atoms with Crippen LogP contribution in [-0.4, -0.2) is 56.0 Å². The van der Waals surface area contributed by atoms with E-state index in [1.807, 2.05) is 0 Å². The number of nitrogens with one attached hydrogen (secondary N) is 1. The minimum atomic E-state index is -4.18. The number of sulfonamides is 1. The molecule has 1 amide bonds. The van der Waals surface area contributed by atoms with Crippen LogP contribution < -0.4 is 4.72 Å². The summed E-state index contributed by atoms with van der Waals surface area (Å²) in [7, 11) is -4.18. The highest BCUT2D eigenvalue weighted by atomic mass is 32.2. The van der Waals surface area contributed by atoms with Crippen molar-refractivity contribution >= 4 is 27.3 Å². The number of carbonyl (C=O) groups excluding carboxylic acids is 1. The monoisotopic (exact) mass is 574 g/mol. The van der Waals surface area contributed by atoms with E-state index in [0.717, 1.165) is 38.0 Å². The molecule has 2 fully saturated rings. The summed E-state index contributed by atoms with van der Waals surface area (Å²) in [5.41, 5.74) is 3.13. The van der Waals surface area contributed by atoms with Crippen molar-refractivity contribution in [3.05, 3.63) is 113 Å². The molecular formula is C32H35FN4O3S. The van der Waals surface area contributed by atoms with E-state index in [0.29, 0.717) is 18.7 Å². The highest BCUT2D eigenvalue weighted by molar-refractivity contribution is 7.97. The van der Waals surface area contributed by atoms with Gasteiger partial charge in [-0.05, 0) is 66.2 Å². The molecule has 9 heteroatoms. The molecule has 41 heavy (non-hydrogen) atoms. The highest BCUT2D eigenvalue weighted by Crippen LogP contribution is 2.36. The predicted octanol–water partition coefficient (Wildman–Crippen LogP) is 5.78. The first-order chi connectivity index (χ1) is 19.7. The third-order valence-electron chi connectivity index (χ3n) is 7.89. The van der Waals surface area contributed by atoms with Gasteiger partial charge >= 0.3 is 0 Å². The molecule has 0 aromatic heterocycles. The molecule has 5 rings (SSSR count). The van der Waals surface area contributed by atoms with E-state index in [9.17, 15) is 13.2 Å². The Morgan fingerprint density at radius 2 is 1.85 bits per heavy atom. The van der Waals surface area contributed by atoms with Gasteiger partial charge in [-0.25, -0.2) is 12.8 Å². The molecule has 0 spiro atoms. The second kappa shape index (κ2) is 12.4. The number of nitrogens with zero attached hydrogens (tertiary/aromatic N) is 3. The first-order valence-electron chi connectivity index (χ1n) is 13.9.